The van der Waals surface area contributed by atoms with Crippen molar-refractivity contribution in [2.24, 2.45) is 0 Å². The number of hydrogen-bond donors (Lipinski definition) is 0. The van der Waals surface area contributed by atoms with E-state index >= 15 is 0 Å². The molecule has 0 saturated heterocycles. The maximum Gasteiger partial charge on any atom is 0.216 e. The molecule has 42 heavy (non-hydrogen) atoms. The molecule has 0 radical (unpaired) electrons. The van der Waals surface area contributed by atoms with E-state index in [1.165, 1.54) is 6.07 Å². The van der Waals surface area contributed by atoms with Gasteiger partial charge in [-0.05, 0) is 94.5 Å². The van der Waals surface area contributed by atoms with Crippen LogP contribution in [0.3, 0.4) is 0 Å². The lowest BCUT2D eigenvalue weighted by molar-refractivity contribution is 0.230. The lowest BCUT2D eigenvalue weighted by Crippen LogP contribution is -2.09. The molecule has 2 aromatic carbocycles. The van der Waals surface area contributed by atoms with Crippen molar-refractivity contribution in [1.29, 1.82) is 0 Å². The zero-order chi connectivity index (χ0) is 30.8. The van der Waals surface area contributed by atoms with Gasteiger partial charge in [0.05, 0.1) is 25.4 Å². The van der Waals surface area contributed by atoms with E-state index in [4.69, 9.17) is 34.2 Å². The Labute approximate surface area is 252 Å². The zero-order valence-electron chi connectivity index (χ0n) is 24.7. The van der Waals surface area contributed by atoms with E-state index in [0.29, 0.717) is 46.6 Å². The molecule has 0 saturated carbocycles. The fraction of sp³-hybridized carbons (Fsp3) is 0.294. The Bertz CT molecular complexity index is 1500. The Morgan fingerprint density at radius 2 is 1.17 bits per heavy atom. The third-order valence-corrected chi connectivity index (χ3v) is 6.68. The Balaban J connectivity index is 0.000000230. The second kappa shape index (κ2) is 15.0. The van der Waals surface area contributed by atoms with Crippen LogP contribution in [0.2, 0.25) is 5.02 Å². The average Bonchev–Trinajstić information content (AvgIpc) is 2.95. The van der Waals surface area contributed by atoms with Gasteiger partial charge in [0.1, 0.15) is 5.82 Å². The van der Waals surface area contributed by atoms with Crippen molar-refractivity contribution < 1.29 is 13.9 Å². The molecule has 0 amide bonds. The Morgan fingerprint density at radius 3 is 1.60 bits per heavy atom. The third kappa shape index (κ3) is 8.77. The van der Waals surface area contributed by atoms with Gasteiger partial charge in [-0.3, -0.25) is 0 Å². The van der Waals surface area contributed by atoms with Crippen LogP contribution in [-0.4, -0.2) is 22.2 Å². The molecule has 0 atom stereocenters. The molecular weight excluding hydrogens is 551 g/mol. The highest BCUT2D eigenvalue weighted by molar-refractivity contribution is 6.31. The Hall–Kier alpha value is -4.46. The van der Waals surface area contributed by atoms with Gasteiger partial charge < -0.3 is 9.47 Å². The summed E-state index contributed by atoms with van der Waals surface area (Å²) in [5.41, 5.74) is 6.45. The van der Waals surface area contributed by atoms with Crippen LogP contribution in [0.25, 0.3) is 9.69 Å². The quantitative estimate of drug-likeness (QED) is 0.194. The smallest absolute Gasteiger partial charge is 0.216 e. The third-order valence-electron chi connectivity index (χ3n) is 6.33. The zero-order valence-corrected chi connectivity index (χ0v) is 25.5. The maximum absolute atomic E-state index is 14.0. The molecule has 4 aromatic rings. The summed E-state index contributed by atoms with van der Waals surface area (Å²) < 4.78 is 25.3. The summed E-state index contributed by atoms with van der Waals surface area (Å²) in [5.74, 6) is 0.892. The highest BCUT2D eigenvalue weighted by Gasteiger charge is 2.12. The summed E-state index contributed by atoms with van der Waals surface area (Å²) in [4.78, 5) is 15.1. The molecule has 0 fully saturated rings. The maximum atomic E-state index is 14.0. The highest BCUT2D eigenvalue weighted by Crippen LogP contribution is 2.28. The number of pyridine rings is 2. The molecule has 0 aliphatic heterocycles. The Morgan fingerprint density at radius 1 is 0.714 bits per heavy atom. The van der Waals surface area contributed by atoms with E-state index in [1.54, 1.807) is 36.7 Å². The molecule has 4 rings (SSSR count). The van der Waals surface area contributed by atoms with Crippen LogP contribution in [0.4, 0.5) is 15.8 Å². The van der Waals surface area contributed by atoms with E-state index in [0.717, 1.165) is 27.8 Å². The molecule has 0 N–H and O–H groups in total. The largest absolute Gasteiger partial charge is 0.475 e. The first-order chi connectivity index (χ1) is 20.0. The fourth-order valence-corrected chi connectivity index (χ4v) is 4.33. The lowest BCUT2D eigenvalue weighted by atomic mass is 10.0. The standard InChI is InChI=1S/C17H17ClN2O.C17H17FN2O/c2*1-11(2)21-17-12(3)13(7-8-20-17)9-14-5-6-15(19-4)10-16(14)18/h2*5-8,10-11H,9H2,1-3H3. The van der Waals surface area contributed by atoms with E-state index in [2.05, 4.69) is 19.7 Å². The van der Waals surface area contributed by atoms with Crippen molar-refractivity contribution in [3.05, 3.63) is 128 Å². The van der Waals surface area contributed by atoms with Crippen LogP contribution in [0.15, 0.2) is 60.9 Å². The van der Waals surface area contributed by atoms with Gasteiger partial charge in [-0.25, -0.2) is 24.0 Å². The monoisotopic (exact) mass is 584 g/mol. The number of benzene rings is 2. The van der Waals surface area contributed by atoms with Crippen LogP contribution in [0.1, 0.15) is 61.1 Å². The molecule has 216 valence electrons. The first-order valence-corrected chi connectivity index (χ1v) is 13.9. The Kier molecular flexibility index (Phi) is 11.4. The number of hydrogen-bond acceptors (Lipinski definition) is 4. The van der Waals surface area contributed by atoms with Gasteiger partial charge in [0.2, 0.25) is 11.8 Å². The van der Waals surface area contributed by atoms with Crippen molar-refractivity contribution in [2.45, 2.75) is 66.6 Å². The minimum Gasteiger partial charge on any atom is -0.475 e. The predicted molar refractivity (Wildman–Crippen MR) is 165 cm³/mol. The second-order valence-corrected chi connectivity index (χ2v) is 10.7. The van der Waals surface area contributed by atoms with Crippen LogP contribution in [0.5, 0.6) is 11.8 Å². The second-order valence-electron chi connectivity index (χ2n) is 10.3. The fourth-order valence-electron chi connectivity index (χ4n) is 4.08. The first-order valence-electron chi connectivity index (χ1n) is 13.6. The van der Waals surface area contributed by atoms with Gasteiger partial charge >= 0.3 is 0 Å². The molecule has 0 unspecified atom stereocenters. The van der Waals surface area contributed by atoms with Gasteiger partial charge in [0, 0.05) is 35.0 Å². The summed E-state index contributed by atoms with van der Waals surface area (Å²) in [6.45, 7) is 25.7. The van der Waals surface area contributed by atoms with Crippen LogP contribution in [-0.2, 0) is 12.8 Å². The summed E-state index contributed by atoms with van der Waals surface area (Å²) in [7, 11) is 0. The van der Waals surface area contributed by atoms with Gasteiger partial charge in [0.25, 0.3) is 0 Å². The lowest BCUT2D eigenvalue weighted by Gasteiger charge is -2.14. The van der Waals surface area contributed by atoms with Crippen LogP contribution >= 0.6 is 11.6 Å². The molecule has 0 bridgehead atoms. The molecule has 0 aliphatic carbocycles. The molecule has 0 spiro atoms. The number of ether oxygens (including phenoxy) is 2. The summed E-state index contributed by atoms with van der Waals surface area (Å²) in [6, 6.07) is 13.8. The van der Waals surface area contributed by atoms with Crippen molar-refractivity contribution >= 4 is 23.0 Å². The normalized spacial score (nSPS) is 10.5. The molecule has 0 aliphatic rings. The van der Waals surface area contributed by atoms with E-state index < -0.39 is 0 Å². The predicted octanol–water partition coefficient (Wildman–Crippen LogP) is 9.43. The van der Waals surface area contributed by atoms with Crippen molar-refractivity contribution in [3.63, 3.8) is 0 Å². The van der Waals surface area contributed by atoms with Gasteiger partial charge in [-0.15, -0.1) is 0 Å². The molecule has 8 heteroatoms. The number of halogens is 2. The van der Waals surface area contributed by atoms with E-state index in [9.17, 15) is 4.39 Å². The van der Waals surface area contributed by atoms with E-state index in [1.807, 2.05) is 59.7 Å². The number of aromatic nitrogens is 2. The minimum atomic E-state index is -0.356. The first kappa shape index (κ1) is 32.1. The van der Waals surface area contributed by atoms with Gasteiger partial charge in [-0.2, -0.15) is 0 Å². The topological polar surface area (TPSA) is 53.0 Å². The van der Waals surface area contributed by atoms with Crippen molar-refractivity contribution in [2.75, 3.05) is 0 Å². The number of rotatable bonds is 8. The molecule has 2 aromatic heterocycles. The summed E-state index contributed by atoms with van der Waals surface area (Å²) >= 11 is 6.24. The van der Waals surface area contributed by atoms with Gasteiger partial charge in [0.15, 0.2) is 11.4 Å². The molecular formula is C34H34ClFN4O2. The van der Waals surface area contributed by atoms with E-state index in [-0.39, 0.29) is 18.0 Å². The van der Waals surface area contributed by atoms with Crippen LogP contribution in [0, 0.1) is 32.8 Å². The highest BCUT2D eigenvalue weighted by atomic mass is 35.5. The van der Waals surface area contributed by atoms with Crippen LogP contribution < -0.4 is 9.47 Å². The van der Waals surface area contributed by atoms with Crippen molar-refractivity contribution in [3.8, 4) is 11.8 Å². The SMILES string of the molecule is [C-]#[N+]c1ccc(Cc2ccnc(OC(C)C)c2C)c(Cl)c1.[C-]#[N+]c1ccc(Cc2ccnc(OC(C)C)c2C)c(F)c1. The summed E-state index contributed by atoms with van der Waals surface area (Å²) in [6.07, 6.45) is 4.70. The van der Waals surface area contributed by atoms with Crippen molar-refractivity contribution in [1.82, 2.24) is 9.97 Å². The molecule has 6 nitrogen and oxygen atoms in total. The molecule has 2 heterocycles. The van der Waals surface area contributed by atoms with Gasteiger partial charge in [-0.1, -0.05) is 35.9 Å². The minimum absolute atomic E-state index is 0.0427. The number of nitrogens with zero attached hydrogens (tertiary/aromatic N) is 4. The summed E-state index contributed by atoms with van der Waals surface area (Å²) in [5, 5.41) is 0.617. The average molecular weight is 585 g/mol.